The number of nitrogens with zero attached hydrogens (tertiary/aromatic N) is 2. The van der Waals surface area contributed by atoms with Gasteiger partial charge in [-0.15, -0.1) is 0 Å². The second-order valence-electron chi connectivity index (χ2n) is 9.41. The van der Waals surface area contributed by atoms with Gasteiger partial charge in [-0.2, -0.15) is 0 Å². The molecule has 0 unspecified atom stereocenters. The second-order valence-corrected chi connectivity index (χ2v) is 11.2. The highest BCUT2D eigenvalue weighted by atomic mass is 32.2. The van der Waals surface area contributed by atoms with Gasteiger partial charge in [-0.05, 0) is 62.7 Å². The van der Waals surface area contributed by atoms with Gasteiger partial charge in [0.1, 0.15) is 18.4 Å². The number of benzene rings is 2. The Morgan fingerprint density at radius 1 is 1.16 bits per heavy atom. The Kier molecular flexibility index (Phi) is 9.29. The van der Waals surface area contributed by atoms with Gasteiger partial charge in [0.25, 0.3) is 5.91 Å². The van der Waals surface area contributed by atoms with Crippen LogP contribution >= 0.6 is 0 Å². The van der Waals surface area contributed by atoms with Crippen molar-refractivity contribution in [2.75, 3.05) is 26.2 Å². The summed E-state index contributed by atoms with van der Waals surface area (Å²) >= 11 is 0. The molecule has 0 aliphatic carbocycles. The van der Waals surface area contributed by atoms with E-state index in [4.69, 9.17) is 4.74 Å². The largest absolute Gasteiger partial charge is 0.489 e. The maximum atomic E-state index is 13.0. The zero-order valence-electron chi connectivity index (χ0n) is 21.7. The molecule has 204 valence electrons. The number of hydrogen-bond donors (Lipinski definition) is 4. The molecule has 0 saturated carbocycles. The van der Waals surface area contributed by atoms with Gasteiger partial charge in [0.2, 0.25) is 10.0 Å². The molecule has 1 aromatic heterocycles. The zero-order chi connectivity index (χ0) is 27.1. The highest BCUT2D eigenvalue weighted by Gasteiger charge is 2.31. The van der Waals surface area contributed by atoms with Crippen molar-refractivity contribution in [3.63, 3.8) is 0 Å². The molecule has 4 rings (SSSR count). The first-order valence-corrected chi connectivity index (χ1v) is 14.3. The molecule has 0 radical (unpaired) electrons. The van der Waals surface area contributed by atoms with Gasteiger partial charge in [0.15, 0.2) is 0 Å². The number of sulfonamides is 1. The van der Waals surface area contributed by atoms with E-state index < -0.39 is 22.0 Å². The van der Waals surface area contributed by atoms with Crippen LogP contribution in [0.2, 0.25) is 0 Å². The molecule has 1 aliphatic rings. The van der Waals surface area contributed by atoms with Crippen LogP contribution in [-0.2, 0) is 21.4 Å². The fraction of sp³-hybridized carbons (Fsp3) is 0.407. The summed E-state index contributed by atoms with van der Waals surface area (Å²) in [5.74, 6) is -0.110. The van der Waals surface area contributed by atoms with Gasteiger partial charge in [-0.1, -0.05) is 25.1 Å². The van der Waals surface area contributed by atoms with Crippen molar-refractivity contribution in [2.45, 2.75) is 50.3 Å². The lowest BCUT2D eigenvalue weighted by Gasteiger charge is -2.36. The van der Waals surface area contributed by atoms with Crippen LogP contribution in [-0.4, -0.2) is 67.7 Å². The number of piperidine rings is 1. The topological polar surface area (TPSA) is 133 Å². The van der Waals surface area contributed by atoms with E-state index in [0.29, 0.717) is 31.5 Å². The summed E-state index contributed by atoms with van der Waals surface area (Å²) in [5, 5.41) is 13.6. The van der Waals surface area contributed by atoms with Crippen molar-refractivity contribution in [3.8, 4) is 5.75 Å². The lowest BCUT2D eigenvalue weighted by atomic mass is 10.0. The van der Waals surface area contributed by atoms with Crippen LogP contribution < -0.4 is 20.3 Å². The van der Waals surface area contributed by atoms with E-state index >= 15 is 0 Å². The third-order valence-electron chi connectivity index (χ3n) is 6.80. The summed E-state index contributed by atoms with van der Waals surface area (Å²) in [6.45, 7) is 6.25. The normalized spacial score (nSPS) is 15.9. The standard InChI is InChI=1S/C27H35N5O5S/c1-3-28-21-12-14-32(15-13-21)26(27(33)31-34)17-29-38(35,36)23-10-8-22(9-11-23)37-18-20-16-19(2)30-25-7-5-4-6-24(20)25/h4-11,16,21,26,28-29,34H,3,12-15,17-18H2,1-2H3,(H,31,33)/t26-/m0/s1. The number of ether oxygens (including phenoxy) is 1. The van der Waals surface area contributed by atoms with Crippen molar-refractivity contribution in [2.24, 2.45) is 0 Å². The highest BCUT2D eigenvalue weighted by molar-refractivity contribution is 7.89. The zero-order valence-corrected chi connectivity index (χ0v) is 22.5. The summed E-state index contributed by atoms with van der Waals surface area (Å²) in [6, 6.07) is 15.5. The van der Waals surface area contributed by atoms with E-state index in [1.165, 1.54) is 12.1 Å². The molecule has 11 heteroatoms. The molecular weight excluding hydrogens is 506 g/mol. The van der Waals surface area contributed by atoms with Crippen LogP contribution in [0, 0.1) is 6.92 Å². The van der Waals surface area contributed by atoms with Gasteiger partial charge in [0, 0.05) is 42.3 Å². The van der Waals surface area contributed by atoms with E-state index in [1.807, 2.05) is 49.1 Å². The predicted molar refractivity (Wildman–Crippen MR) is 144 cm³/mol. The Bertz CT molecular complexity index is 1340. The van der Waals surface area contributed by atoms with Crippen LogP contribution in [0.1, 0.15) is 31.0 Å². The molecule has 1 atom stereocenters. The minimum atomic E-state index is -3.89. The summed E-state index contributed by atoms with van der Waals surface area (Å²) < 4.78 is 34.4. The SMILES string of the molecule is CCNC1CCN([C@@H](CNS(=O)(=O)c2ccc(OCc3cc(C)nc4ccccc34)cc2)C(=O)NO)CC1. The van der Waals surface area contributed by atoms with Crippen LogP contribution in [0.3, 0.4) is 0 Å². The maximum absolute atomic E-state index is 13.0. The quantitative estimate of drug-likeness (QED) is 0.215. The van der Waals surface area contributed by atoms with E-state index in [-0.39, 0.29) is 11.4 Å². The summed E-state index contributed by atoms with van der Waals surface area (Å²) in [5.41, 5.74) is 4.46. The minimum absolute atomic E-state index is 0.0593. The van der Waals surface area contributed by atoms with Gasteiger partial charge < -0.3 is 10.1 Å². The Morgan fingerprint density at radius 3 is 2.55 bits per heavy atom. The molecule has 0 spiro atoms. The number of nitrogens with one attached hydrogen (secondary N) is 3. The molecule has 38 heavy (non-hydrogen) atoms. The Balaban J connectivity index is 1.38. The summed E-state index contributed by atoms with van der Waals surface area (Å²) in [7, 11) is -3.89. The molecule has 2 aromatic carbocycles. The molecular formula is C27H35N5O5S. The Hall–Kier alpha value is -3.09. The first-order valence-electron chi connectivity index (χ1n) is 12.8. The number of likely N-dealkylation sites (tertiary alicyclic amines) is 1. The maximum Gasteiger partial charge on any atom is 0.262 e. The third kappa shape index (κ3) is 6.86. The lowest BCUT2D eigenvalue weighted by molar-refractivity contribution is -0.135. The average molecular weight is 542 g/mol. The van der Waals surface area contributed by atoms with Gasteiger partial charge in [-0.25, -0.2) is 18.6 Å². The number of carbonyl (C=O) groups excluding carboxylic acids is 1. The van der Waals surface area contributed by atoms with Crippen molar-refractivity contribution in [1.82, 2.24) is 25.4 Å². The van der Waals surface area contributed by atoms with Crippen LogP contribution in [0.4, 0.5) is 0 Å². The number of hydroxylamine groups is 1. The molecule has 1 aliphatic heterocycles. The first kappa shape index (κ1) is 27.9. The number of pyridine rings is 1. The first-order chi connectivity index (χ1) is 18.3. The Morgan fingerprint density at radius 2 is 1.87 bits per heavy atom. The summed E-state index contributed by atoms with van der Waals surface area (Å²) in [6.07, 6.45) is 1.68. The molecule has 3 aromatic rings. The highest BCUT2D eigenvalue weighted by Crippen LogP contribution is 2.22. The number of amides is 1. The van der Waals surface area contributed by atoms with E-state index in [0.717, 1.165) is 41.5 Å². The minimum Gasteiger partial charge on any atom is -0.489 e. The van der Waals surface area contributed by atoms with Crippen molar-refractivity contribution in [3.05, 3.63) is 65.9 Å². The van der Waals surface area contributed by atoms with Crippen LogP contribution in [0.25, 0.3) is 10.9 Å². The lowest BCUT2D eigenvalue weighted by Crippen LogP contribution is -2.55. The molecule has 4 N–H and O–H groups in total. The van der Waals surface area contributed by atoms with E-state index in [2.05, 4.69) is 15.0 Å². The number of fused-ring (bicyclic) bond motifs is 1. The molecule has 0 bridgehead atoms. The Labute approximate surface area is 223 Å². The van der Waals surface area contributed by atoms with E-state index in [9.17, 15) is 18.4 Å². The fourth-order valence-electron chi connectivity index (χ4n) is 4.83. The van der Waals surface area contributed by atoms with Gasteiger partial charge >= 0.3 is 0 Å². The molecule has 2 heterocycles. The molecule has 1 amide bonds. The monoisotopic (exact) mass is 541 g/mol. The second kappa shape index (κ2) is 12.6. The number of rotatable bonds is 11. The summed E-state index contributed by atoms with van der Waals surface area (Å²) in [4.78, 5) is 18.8. The van der Waals surface area contributed by atoms with Gasteiger partial charge in [0.05, 0.1) is 10.4 Å². The molecule has 1 saturated heterocycles. The van der Waals surface area contributed by atoms with E-state index in [1.54, 1.807) is 17.6 Å². The van der Waals surface area contributed by atoms with Crippen molar-refractivity contribution < 1.29 is 23.2 Å². The number of aryl methyl sites for hydroxylation is 1. The third-order valence-corrected chi connectivity index (χ3v) is 8.24. The van der Waals surface area contributed by atoms with Crippen molar-refractivity contribution in [1.29, 1.82) is 0 Å². The fourth-order valence-corrected chi connectivity index (χ4v) is 5.87. The average Bonchev–Trinajstić information content (AvgIpc) is 2.92. The number of aromatic nitrogens is 1. The number of hydrogen-bond acceptors (Lipinski definition) is 8. The smallest absolute Gasteiger partial charge is 0.262 e. The van der Waals surface area contributed by atoms with Crippen LogP contribution in [0.15, 0.2) is 59.5 Å². The van der Waals surface area contributed by atoms with Crippen molar-refractivity contribution >= 4 is 26.8 Å². The predicted octanol–water partition coefficient (Wildman–Crippen LogP) is 2.35. The van der Waals surface area contributed by atoms with Crippen LogP contribution in [0.5, 0.6) is 5.75 Å². The number of para-hydroxylation sites is 1. The molecule has 1 fully saturated rings. The molecule has 10 nitrogen and oxygen atoms in total. The number of carbonyl (C=O) groups is 1. The van der Waals surface area contributed by atoms with Gasteiger partial charge in [-0.3, -0.25) is 19.9 Å².